The fourth-order valence-corrected chi connectivity index (χ4v) is 1.12. The minimum Gasteiger partial charge on any atom is -0.236 e. The van der Waals surface area contributed by atoms with E-state index in [9.17, 15) is 0 Å². The zero-order chi connectivity index (χ0) is 6.81. The molecule has 51 valence electrons. The Kier molecular flexibility index (Phi) is 1.36. The zero-order valence-electron chi connectivity index (χ0n) is 5.70. The summed E-state index contributed by atoms with van der Waals surface area (Å²) in [4.78, 5) is 10.4. The maximum atomic E-state index is 4.19. The van der Waals surface area contributed by atoms with Gasteiger partial charge in [-0.25, -0.2) is 4.99 Å². The van der Waals surface area contributed by atoms with Gasteiger partial charge in [-0.05, 0) is 11.3 Å². The number of aliphatic imine (C=N–C) groups is 2. The number of fused-ring (bicyclic) bond motifs is 1. The van der Waals surface area contributed by atoms with E-state index in [4.69, 9.17) is 0 Å². The molecule has 0 amide bonds. The first-order chi connectivity index (χ1) is 4.97. The highest BCUT2D eigenvalue weighted by Crippen LogP contribution is 2.06. The van der Waals surface area contributed by atoms with Crippen LogP contribution in [0, 0.1) is 0 Å². The van der Waals surface area contributed by atoms with Gasteiger partial charge in [-0.15, -0.1) is 0 Å². The minimum absolute atomic E-state index is 0.934. The number of hydrogen-bond donors (Lipinski definition) is 0. The van der Waals surface area contributed by atoms with Crippen molar-refractivity contribution in [3.8, 4) is 0 Å². The van der Waals surface area contributed by atoms with Crippen LogP contribution in [0.15, 0.2) is 22.4 Å². The van der Waals surface area contributed by atoms with Crippen molar-refractivity contribution in [2.45, 2.75) is 12.8 Å². The number of rotatable bonds is 0. The van der Waals surface area contributed by atoms with Crippen LogP contribution < -0.4 is 4.90 Å². The Balaban J connectivity index is 2.22. The Morgan fingerprint density at radius 2 is 2.50 bits per heavy atom. The van der Waals surface area contributed by atoms with E-state index in [1.54, 1.807) is 0 Å². The third kappa shape index (κ3) is 0.885. The summed E-state index contributed by atoms with van der Waals surface area (Å²) in [5.74, 6) is 1.13. The van der Waals surface area contributed by atoms with Crippen LogP contribution in [-0.4, -0.2) is 18.7 Å². The van der Waals surface area contributed by atoms with Crippen LogP contribution in [0.2, 0.25) is 0 Å². The molecule has 2 heterocycles. The summed E-state index contributed by atoms with van der Waals surface area (Å²) in [5, 5.41) is 0. The summed E-state index contributed by atoms with van der Waals surface area (Å²) in [6.45, 7) is 0.934. The summed E-state index contributed by atoms with van der Waals surface area (Å²) >= 11 is 0. The smallest absolute Gasteiger partial charge is 0.236 e. The molecule has 10 heavy (non-hydrogen) atoms. The minimum atomic E-state index is 0.934. The Labute approximate surface area is 59.8 Å². The molecule has 0 saturated carbocycles. The van der Waals surface area contributed by atoms with E-state index in [1.165, 1.54) is 0 Å². The largest absolute Gasteiger partial charge is 0.263 e. The van der Waals surface area contributed by atoms with Gasteiger partial charge in [0.15, 0.2) is 6.20 Å². The van der Waals surface area contributed by atoms with Crippen LogP contribution in [0.25, 0.3) is 0 Å². The van der Waals surface area contributed by atoms with Crippen LogP contribution >= 0.6 is 0 Å². The second-order valence-corrected chi connectivity index (χ2v) is 2.38. The fourth-order valence-electron chi connectivity index (χ4n) is 1.12. The first kappa shape index (κ1) is 5.80. The molecule has 2 rings (SSSR count). The molecular weight excluding hydrogens is 126 g/mol. The van der Waals surface area contributed by atoms with Gasteiger partial charge in [0, 0.05) is 13.0 Å². The molecular formula is C7H9N3+. The number of hydrogen-bond acceptors (Lipinski definition) is 3. The standard InChI is InChI=1S/C7H9N3/c1-2-7-9-4-5-10(7)6-8-3-1/h4-6H,1-3H2/q+1. The summed E-state index contributed by atoms with van der Waals surface area (Å²) in [5.41, 5.74) is 0. The van der Waals surface area contributed by atoms with Gasteiger partial charge in [0.2, 0.25) is 6.34 Å². The van der Waals surface area contributed by atoms with Crippen molar-refractivity contribution < 1.29 is 0 Å². The summed E-state index contributed by atoms with van der Waals surface area (Å²) < 4.78 is 0. The van der Waals surface area contributed by atoms with E-state index in [-0.39, 0.29) is 0 Å². The summed E-state index contributed by atoms with van der Waals surface area (Å²) in [7, 11) is 0. The Hall–Kier alpha value is -0.960. The van der Waals surface area contributed by atoms with Crippen molar-refractivity contribution in [3.05, 3.63) is 12.4 Å². The Morgan fingerprint density at radius 1 is 1.50 bits per heavy atom. The molecule has 2 aliphatic heterocycles. The van der Waals surface area contributed by atoms with Gasteiger partial charge in [-0.3, -0.25) is 0 Å². The van der Waals surface area contributed by atoms with E-state index in [0.717, 1.165) is 25.2 Å². The molecule has 0 atom stereocenters. The van der Waals surface area contributed by atoms with Crippen molar-refractivity contribution >= 4 is 12.2 Å². The van der Waals surface area contributed by atoms with Crippen molar-refractivity contribution in [1.29, 1.82) is 0 Å². The molecule has 3 nitrogen and oxygen atoms in total. The molecule has 0 aromatic carbocycles. The molecule has 0 aromatic rings. The number of nitrogens with zero attached hydrogens (tertiary/aromatic N) is 3. The second kappa shape index (κ2) is 2.34. The normalized spacial score (nSPS) is 24.2. The van der Waals surface area contributed by atoms with Gasteiger partial charge in [-0.1, -0.05) is 0 Å². The van der Waals surface area contributed by atoms with Crippen LogP contribution in [0.4, 0.5) is 0 Å². The van der Waals surface area contributed by atoms with Crippen LogP contribution in [0.1, 0.15) is 12.8 Å². The highest BCUT2D eigenvalue weighted by molar-refractivity contribution is 5.98. The van der Waals surface area contributed by atoms with E-state index in [2.05, 4.69) is 9.98 Å². The van der Waals surface area contributed by atoms with E-state index >= 15 is 0 Å². The molecule has 0 spiro atoms. The summed E-state index contributed by atoms with van der Waals surface area (Å²) in [6.07, 6.45) is 7.76. The molecule has 2 aliphatic rings. The molecule has 0 aliphatic carbocycles. The van der Waals surface area contributed by atoms with Gasteiger partial charge >= 0.3 is 0 Å². The van der Waals surface area contributed by atoms with E-state index in [1.807, 2.05) is 23.6 Å². The average Bonchev–Trinajstić information content (AvgIpc) is 2.28. The molecule has 0 N–H and O–H groups in total. The predicted octanol–water partition coefficient (Wildman–Crippen LogP) is 0.832. The van der Waals surface area contributed by atoms with Crippen LogP contribution in [-0.2, 0) is 0 Å². The van der Waals surface area contributed by atoms with Gasteiger partial charge in [0.25, 0.3) is 5.84 Å². The highest BCUT2D eigenvalue weighted by Gasteiger charge is 2.24. The fraction of sp³-hybridized carbons (Fsp3) is 0.429. The molecule has 0 saturated heterocycles. The lowest BCUT2D eigenvalue weighted by atomic mass is 10.3. The third-order valence-corrected chi connectivity index (χ3v) is 1.64. The van der Waals surface area contributed by atoms with Crippen molar-refractivity contribution in [3.63, 3.8) is 0 Å². The van der Waals surface area contributed by atoms with Gasteiger partial charge in [0.05, 0.1) is 6.20 Å². The van der Waals surface area contributed by atoms with E-state index in [0.29, 0.717) is 0 Å². The zero-order valence-corrected chi connectivity index (χ0v) is 5.70. The first-order valence-electron chi connectivity index (χ1n) is 3.48. The van der Waals surface area contributed by atoms with Crippen LogP contribution in [0.5, 0.6) is 0 Å². The quantitative estimate of drug-likeness (QED) is 0.440. The Bertz CT molecular complexity index is 215. The Morgan fingerprint density at radius 3 is 3.50 bits per heavy atom. The van der Waals surface area contributed by atoms with E-state index < -0.39 is 0 Å². The first-order valence-corrected chi connectivity index (χ1v) is 3.48. The number of amidine groups is 1. The molecule has 1 radical (unpaired) electrons. The SMILES string of the molecule is C1=C[N+]2C=NCCCC2=N1. The molecule has 0 fully saturated rings. The molecule has 3 heteroatoms. The average molecular weight is 135 g/mol. The van der Waals surface area contributed by atoms with Gasteiger partial charge < -0.3 is 0 Å². The third-order valence-electron chi connectivity index (χ3n) is 1.64. The lowest BCUT2D eigenvalue weighted by molar-refractivity contribution is 0.882. The maximum Gasteiger partial charge on any atom is 0.263 e. The topological polar surface area (TPSA) is 30.6 Å². The van der Waals surface area contributed by atoms with Gasteiger partial charge in [0.1, 0.15) is 0 Å². The summed E-state index contributed by atoms with van der Waals surface area (Å²) in [6, 6.07) is 0. The van der Waals surface area contributed by atoms with Crippen LogP contribution in [0.3, 0.4) is 0 Å². The molecule has 0 unspecified atom stereocenters. The van der Waals surface area contributed by atoms with Crippen molar-refractivity contribution in [2.75, 3.05) is 6.54 Å². The highest BCUT2D eigenvalue weighted by atomic mass is 15.2. The van der Waals surface area contributed by atoms with Crippen molar-refractivity contribution in [1.82, 2.24) is 4.90 Å². The maximum absolute atomic E-state index is 4.19. The molecule has 0 bridgehead atoms. The second-order valence-electron chi connectivity index (χ2n) is 2.38. The van der Waals surface area contributed by atoms with Gasteiger partial charge in [-0.2, -0.15) is 4.99 Å². The lowest BCUT2D eigenvalue weighted by Crippen LogP contribution is -2.25. The monoisotopic (exact) mass is 135 g/mol. The molecule has 0 aromatic heterocycles. The lowest BCUT2D eigenvalue weighted by Gasteiger charge is -1.91. The van der Waals surface area contributed by atoms with Crippen molar-refractivity contribution in [2.24, 2.45) is 9.98 Å². The predicted molar refractivity (Wildman–Crippen MR) is 41.3 cm³/mol.